The van der Waals surface area contributed by atoms with Gasteiger partial charge in [0.2, 0.25) is 0 Å². The van der Waals surface area contributed by atoms with Crippen molar-refractivity contribution in [2.24, 2.45) is 0 Å². The molecular weight excluding hydrogens is 410 g/mol. The van der Waals surface area contributed by atoms with Gasteiger partial charge >= 0.3 is 0 Å². The molecule has 5 rings (SSSR count). The topological polar surface area (TPSA) is 54.3 Å². The lowest BCUT2D eigenvalue weighted by Gasteiger charge is -2.33. The molecule has 168 valence electrons. The fourth-order valence-corrected chi connectivity index (χ4v) is 4.71. The first kappa shape index (κ1) is 21.3. The number of piperidine rings is 1. The molecule has 2 aromatic heterocycles. The van der Waals surface area contributed by atoms with Gasteiger partial charge in [-0.05, 0) is 62.2 Å². The summed E-state index contributed by atoms with van der Waals surface area (Å²) in [5.74, 6) is 0.977. The molecule has 1 fully saturated rings. The second-order valence-corrected chi connectivity index (χ2v) is 8.58. The summed E-state index contributed by atoms with van der Waals surface area (Å²) in [6.45, 7) is 3.94. The zero-order chi connectivity index (χ0) is 22.5. The van der Waals surface area contributed by atoms with Crippen LogP contribution in [0.2, 0.25) is 0 Å². The van der Waals surface area contributed by atoms with E-state index in [4.69, 9.17) is 0 Å². The quantitative estimate of drug-likeness (QED) is 0.419. The molecule has 2 aromatic carbocycles. The van der Waals surface area contributed by atoms with E-state index in [0.29, 0.717) is 5.39 Å². The second kappa shape index (κ2) is 9.96. The molecule has 0 radical (unpaired) electrons. The molecule has 4 aromatic rings. The summed E-state index contributed by atoms with van der Waals surface area (Å²) < 4.78 is 1.85. The number of benzene rings is 2. The normalized spacial score (nSPS) is 15.0. The average Bonchev–Trinajstić information content (AvgIpc) is 2.89. The summed E-state index contributed by atoms with van der Waals surface area (Å²) in [4.78, 5) is 26.8. The van der Waals surface area contributed by atoms with Gasteiger partial charge in [0.25, 0.3) is 5.56 Å². The average molecular weight is 440 g/mol. The first-order valence-electron chi connectivity index (χ1n) is 11.7. The first-order chi connectivity index (χ1) is 16.3. The SMILES string of the molecule is O=c1c2ccccc2ncn1C1CCN(CCCN(c2ccccc2)c2ccccn2)CC1. The predicted octanol–water partition coefficient (Wildman–Crippen LogP) is 4.66. The van der Waals surface area contributed by atoms with Crippen molar-refractivity contribution >= 4 is 22.4 Å². The fraction of sp³-hybridized carbons (Fsp3) is 0.296. The van der Waals surface area contributed by atoms with E-state index in [1.54, 1.807) is 6.33 Å². The van der Waals surface area contributed by atoms with Crippen LogP contribution in [0, 0.1) is 0 Å². The van der Waals surface area contributed by atoms with Crippen LogP contribution in [0.25, 0.3) is 10.9 Å². The Morgan fingerprint density at radius 2 is 1.64 bits per heavy atom. The summed E-state index contributed by atoms with van der Waals surface area (Å²) >= 11 is 0. The highest BCUT2D eigenvalue weighted by Crippen LogP contribution is 2.24. The van der Waals surface area contributed by atoms with Crippen LogP contribution in [0.4, 0.5) is 11.5 Å². The maximum Gasteiger partial charge on any atom is 0.261 e. The highest BCUT2D eigenvalue weighted by Gasteiger charge is 2.22. The minimum atomic E-state index is 0.0768. The molecule has 0 bridgehead atoms. The van der Waals surface area contributed by atoms with Crippen LogP contribution in [0.3, 0.4) is 0 Å². The number of likely N-dealkylation sites (tertiary alicyclic amines) is 1. The van der Waals surface area contributed by atoms with E-state index < -0.39 is 0 Å². The number of aromatic nitrogens is 3. The predicted molar refractivity (Wildman–Crippen MR) is 133 cm³/mol. The number of fused-ring (bicyclic) bond motifs is 1. The van der Waals surface area contributed by atoms with Crippen LogP contribution in [-0.2, 0) is 0 Å². The summed E-state index contributed by atoms with van der Waals surface area (Å²) in [5, 5.41) is 0.706. The lowest BCUT2D eigenvalue weighted by molar-refractivity contribution is 0.183. The van der Waals surface area contributed by atoms with Gasteiger partial charge in [0, 0.05) is 37.6 Å². The summed E-state index contributed by atoms with van der Waals surface area (Å²) in [5.41, 5.74) is 2.01. The molecule has 0 atom stereocenters. The molecule has 6 nitrogen and oxygen atoms in total. The van der Waals surface area contributed by atoms with Crippen molar-refractivity contribution in [3.63, 3.8) is 0 Å². The summed E-state index contributed by atoms with van der Waals surface area (Å²) in [6.07, 6.45) is 6.58. The Balaban J connectivity index is 1.19. The third-order valence-electron chi connectivity index (χ3n) is 6.49. The largest absolute Gasteiger partial charge is 0.326 e. The van der Waals surface area contributed by atoms with E-state index in [9.17, 15) is 4.79 Å². The Labute approximate surface area is 194 Å². The van der Waals surface area contributed by atoms with Crippen molar-refractivity contribution in [2.45, 2.75) is 25.3 Å². The van der Waals surface area contributed by atoms with E-state index in [1.807, 2.05) is 53.2 Å². The zero-order valence-corrected chi connectivity index (χ0v) is 18.8. The van der Waals surface area contributed by atoms with Crippen LogP contribution >= 0.6 is 0 Å². The maximum atomic E-state index is 12.9. The van der Waals surface area contributed by atoms with Gasteiger partial charge in [-0.2, -0.15) is 0 Å². The van der Waals surface area contributed by atoms with E-state index >= 15 is 0 Å². The Bertz CT molecular complexity index is 1190. The van der Waals surface area contributed by atoms with Gasteiger partial charge in [0.05, 0.1) is 17.2 Å². The number of hydrogen-bond acceptors (Lipinski definition) is 5. The number of hydrogen-bond donors (Lipinski definition) is 0. The number of para-hydroxylation sites is 2. The van der Waals surface area contributed by atoms with Crippen molar-refractivity contribution < 1.29 is 0 Å². The van der Waals surface area contributed by atoms with Crippen LogP contribution in [0.5, 0.6) is 0 Å². The second-order valence-electron chi connectivity index (χ2n) is 8.58. The van der Waals surface area contributed by atoms with Gasteiger partial charge in [0.1, 0.15) is 5.82 Å². The third kappa shape index (κ3) is 4.81. The van der Waals surface area contributed by atoms with Crippen LogP contribution in [0.1, 0.15) is 25.3 Å². The lowest BCUT2D eigenvalue weighted by Crippen LogP contribution is -2.38. The number of rotatable bonds is 7. The number of anilines is 2. The first-order valence-corrected chi connectivity index (χ1v) is 11.7. The van der Waals surface area contributed by atoms with Crippen molar-refractivity contribution in [1.29, 1.82) is 0 Å². The minimum absolute atomic E-state index is 0.0768. The number of pyridine rings is 1. The number of nitrogens with zero attached hydrogens (tertiary/aromatic N) is 5. The molecule has 0 saturated carbocycles. The Hall–Kier alpha value is -3.51. The van der Waals surface area contributed by atoms with Gasteiger partial charge < -0.3 is 9.80 Å². The van der Waals surface area contributed by atoms with E-state index in [0.717, 1.165) is 62.5 Å². The highest BCUT2D eigenvalue weighted by molar-refractivity contribution is 5.76. The van der Waals surface area contributed by atoms with Gasteiger partial charge in [-0.15, -0.1) is 0 Å². The third-order valence-corrected chi connectivity index (χ3v) is 6.49. The van der Waals surface area contributed by atoms with Crippen molar-refractivity contribution in [2.75, 3.05) is 31.1 Å². The molecule has 0 aliphatic carbocycles. The van der Waals surface area contributed by atoms with E-state index in [-0.39, 0.29) is 11.6 Å². The van der Waals surface area contributed by atoms with Gasteiger partial charge in [-0.25, -0.2) is 9.97 Å². The standard InChI is InChI=1S/C27H29N5O/c33-27-24-11-4-5-12-25(24)29-21-32(27)23-14-19-30(20-15-23)17-8-18-31(22-9-2-1-3-10-22)26-13-6-7-16-28-26/h1-7,9-13,16,21,23H,8,14-15,17-20H2. The molecule has 1 saturated heterocycles. The van der Waals surface area contributed by atoms with Crippen molar-refractivity contribution in [1.82, 2.24) is 19.4 Å². The van der Waals surface area contributed by atoms with E-state index in [1.165, 1.54) is 0 Å². The molecule has 33 heavy (non-hydrogen) atoms. The van der Waals surface area contributed by atoms with Gasteiger partial charge in [-0.1, -0.05) is 36.4 Å². The van der Waals surface area contributed by atoms with Crippen LogP contribution < -0.4 is 10.5 Å². The monoisotopic (exact) mass is 439 g/mol. The lowest BCUT2D eigenvalue weighted by atomic mass is 10.0. The minimum Gasteiger partial charge on any atom is -0.326 e. The van der Waals surface area contributed by atoms with Crippen molar-refractivity contribution in [3.8, 4) is 0 Å². The summed E-state index contributed by atoms with van der Waals surface area (Å²) in [6, 6.07) is 24.3. The molecule has 0 unspecified atom stereocenters. The zero-order valence-electron chi connectivity index (χ0n) is 18.8. The molecule has 1 aliphatic heterocycles. The Kier molecular flexibility index (Phi) is 6.44. The van der Waals surface area contributed by atoms with Gasteiger partial charge in [-0.3, -0.25) is 9.36 Å². The molecule has 6 heteroatoms. The Morgan fingerprint density at radius 3 is 2.42 bits per heavy atom. The van der Waals surface area contributed by atoms with E-state index in [2.05, 4.69) is 50.1 Å². The molecule has 0 N–H and O–H groups in total. The molecule has 0 spiro atoms. The van der Waals surface area contributed by atoms with Crippen LogP contribution in [-0.4, -0.2) is 45.6 Å². The Morgan fingerprint density at radius 1 is 0.879 bits per heavy atom. The van der Waals surface area contributed by atoms with Crippen molar-refractivity contribution in [3.05, 3.63) is 95.7 Å². The molecule has 1 aliphatic rings. The molecule has 0 amide bonds. The molecule has 3 heterocycles. The smallest absolute Gasteiger partial charge is 0.261 e. The molecular formula is C27H29N5O. The summed E-state index contributed by atoms with van der Waals surface area (Å²) in [7, 11) is 0. The van der Waals surface area contributed by atoms with Crippen LogP contribution in [0.15, 0.2) is 90.1 Å². The maximum absolute atomic E-state index is 12.9. The fourth-order valence-electron chi connectivity index (χ4n) is 4.71. The van der Waals surface area contributed by atoms with Gasteiger partial charge in [0.15, 0.2) is 0 Å². The highest BCUT2D eigenvalue weighted by atomic mass is 16.1.